The van der Waals surface area contributed by atoms with E-state index >= 15 is 0 Å². The number of fused-ring (bicyclic) bond motifs is 1. The second-order valence-electron chi connectivity index (χ2n) is 6.57. The molecule has 0 saturated carbocycles. The van der Waals surface area contributed by atoms with Crippen LogP contribution in [-0.4, -0.2) is 43.5 Å². The van der Waals surface area contributed by atoms with Crippen LogP contribution >= 0.6 is 0 Å². The summed E-state index contributed by atoms with van der Waals surface area (Å²) in [4.78, 5) is 12.7. The van der Waals surface area contributed by atoms with Gasteiger partial charge in [0, 0.05) is 12.5 Å². The maximum atomic E-state index is 12.7. The Labute approximate surface area is 164 Å². The van der Waals surface area contributed by atoms with Gasteiger partial charge in [0.2, 0.25) is 0 Å². The number of amides is 1. The van der Waals surface area contributed by atoms with Crippen LogP contribution in [0.25, 0.3) is 10.9 Å². The Morgan fingerprint density at radius 1 is 1.14 bits per heavy atom. The number of ether oxygens (including phenoxy) is 3. The number of hydrogen-bond acceptors (Lipinski definition) is 5. The second-order valence-corrected chi connectivity index (χ2v) is 6.57. The first-order valence-corrected chi connectivity index (χ1v) is 9.08. The summed E-state index contributed by atoms with van der Waals surface area (Å²) in [5, 5.41) is 10.9. The van der Waals surface area contributed by atoms with Crippen LogP contribution in [-0.2, 0) is 4.74 Å². The Hall–Kier alpha value is -3.06. The van der Waals surface area contributed by atoms with Crippen molar-refractivity contribution >= 4 is 16.8 Å². The highest BCUT2D eigenvalue weighted by Gasteiger charge is 2.18. The Morgan fingerprint density at radius 2 is 1.96 bits per heavy atom. The van der Waals surface area contributed by atoms with E-state index in [1.807, 2.05) is 50.2 Å². The molecule has 2 N–H and O–H groups in total. The molecule has 3 rings (SSSR count). The Balaban J connectivity index is 1.75. The third kappa shape index (κ3) is 4.26. The van der Waals surface area contributed by atoms with Crippen LogP contribution in [0.3, 0.4) is 0 Å². The summed E-state index contributed by atoms with van der Waals surface area (Å²) in [5.41, 5.74) is 3.20. The lowest BCUT2D eigenvalue weighted by molar-refractivity contribution is 0.0936. The number of aromatic amines is 1. The zero-order valence-electron chi connectivity index (χ0n) is 16.5. The van der Waals surface area contributed by atoms with Gasteiger partial charge in [-0.3, -0.25) is 9.89 Å². The van der Waals surface area contributed by atoms with Gasteiger partial charge >= 0.3 is 0 Å². The van der Waals surface area contributed by atoms with Crippen LogP contribution in [0.4, 0.5) is 0 Å². The van der Waals surface area contributed by atoms with E-state index in [1.54, 1.807) is 14.2 Å². The molecule has 3 aromatic rings. The maximum Gasteiger partial charge on any atom is 0.272 e. The molecule has 0 aliphatic heterocycles. The summed E-state index contributed by atoms with van der Waals surface area (Å²) < 4.78 is 16.1. The van der Waals surface area contributed by atoms with Crippen LogP contribution in [0, 0.1) is 6.92 Å². The summed E-state index contributed by atoms with van der Waals surface area (Å²) in [5.74, 6) is 1.01. The molecule has 0 spiro atoms. The fraction of sp³-hybridized carbons (Fsp3) is 0.333. The molecule has 1 aromatic heterocycles. The van der Waals surface area contributed by atoms with E-state index in [2.05, 4.69) is 15.5 Å². The van der Waals surface area contributed by atoms with Gasteiger partial charge in [-0.2, -0.15) is 5.10 Å². The van der Waals surface area contributed by atoms with Crippen molar-refractivity contribution in [1.29, 1.82) is 0 Å². The normalized spacial score (nSPS) is 12.0. The molecule has 1 atom stereocenters. The van der Waals surface area contributed by atoms with Gasteiger partial charge in [0.25, 0.3) is 5.91 Å². The third-order valence-electron chi connectivity index (χ3n) is 4.51. The topological polar surface area (TPSA) is 85.5 Å². The van der Waals surface area contributed by atoms with E-state index in [4.69, 9.17) is 14.2 Å². The van der Waals surface area contributed by atoms with Crippen LogP contribution < -0.4 is 14.8 Å². The van der Waals surface area contributed by atoms with Gasteiger partial charge in [0.15, 0.2) is 17.2 Å². The monoisotopic (exact) mass is 383 g/mol. The van der Waals surface area contributed by atoms with E-state index in [0.717, 1.165) is 22.0 Å². The Bertz CT molecular complexity index is 967. The maximum absolute atomic E-state index is 12.7. The molecule has 7 nitrogen and oxygen atoms in total. The Kier molecular flexibility index (Phi) is 6.16. The summed E-state index contributed by atoms with van der Waals surface area (Å²) in [6.45, 7) is 4.83. The van der Waals surface area contributed by atoms with Gasteiger partial charge in [-0.1, -0.05) is 17.7 Å². The molecule has 0 radical (unpaired) electrons. The number of carbonyl (C=O) groups excluding carboxylic acids is 1. The van der Waals surface area contributed by atoms with E-state index in [0.29, 0.717) is 30.4 Å². The zero-order valence-corrected chi connectivity index (χ0v) is 16.5. The minimum atomic E-state index is -0.233. The largest absolute Gasteiger partial charge is 0.493 e. The molecule has 0 saturated heterocycles. The lowest BCUT2D eigenvalue weighted by Crippen LogP contribution is -2.27. The quantitative estimate of drug-likeness (QED) is 0.583. The highest BCUT2D eigenvalue weighted by molar-refractivity contribution is 6.04. The predicted octanol–water partition coefficient (Wildman–Crippen LogP) is 3.40. The number of nitrogens with one attached hydrogen (secondary N) is 2. The van der Waals surface area contributed by atoms with Crippen LogP contribution in [0.1, 0.15) is 34.6 Å². The number of aryl methyl sites for hydroxylation is 1. The predicted molar refractivity (Wildman–Crippen MR) is 107 cm³/mol. The summed E-state index contributed by atoms with van der Waals surface area (Å²) in [6, 6.07) is 11.2. The molecule has 28 heavy (non-hydrogen) atoms. The molecule has 0 aliphatic carbocycles. The number of hydrogen-bond donors (Lipinski definition) is 2. The molecular weight excluding hydrogens is 358 g/mol. The second kappa shape index (κ2) is 8.75. The minimum Gasteiger partial charge on any atom is -0.493 e. The highest BCUT2D eigenvalue weighted by Crippen LogP contribution is 2.30. The van der Waals surface area contributed by atoms with E-state index < -0.39 is 0 Å². The summed E-state index contributed by atoms with van der Waals surface area (Å²) in [6.07, 6.45) is 0. The van der Waals surface area contributed by atoms with Crippen molar-refractivity contribution in [2.45, 2.75) is 19.9 Å². The van der Waals surface area contributed by atoms with Crippen LogP contribution in [0.5, 0.6) is 11.5 Å². The van der Waals surface area contributed by atoms with Crippen molar-refractivity contribution in [2.24, 2.45) is 0 Å². The first kappa shape index (κ1) is 19.7. The highest BCUT2D eigenvalue weighted by atomic mass is 16.5. The molecule has 1 amide bonds. The first-order valence-electron chi connectivity index (χ1n) is 9.08. The summed E-state index contributed by atoms with van der Waals surface area (Å²) >= 11 is 0. The summed E-state index contributed by atoms with van der Waals surface area (Å²) in [7, 11) is 3.21. The molecule has 0 aliphatic rings. The number of methoxy groups -OCH3 is 2. The number of nitrogens with zero attached hydrogens (tertiary/aromatic N) is 1. The van der Waals surface area contributed by atoms with Gasteiger partial charge in [0.1, 0.15) is 6.61 Å². The number of carbonyl (C=O) groups is 1. The van der Waals surface area contributed by atoms with Gasteiger partial charge in [0.05, 0.1) is 25.3 Å². The van der Waals surface area contributed by atoms with E-state index in [9.17, 15) is 4.79 Å². The van der Waals surface area contributed by atoms with Crippen molar-refractivity contribution in [2.75, 3.05) is 27.4 Å². The Morgan fingerprint density at radius 3 is 2.71 bits per heavy atom. The van der Waals surface area contributed by atoms with Crippen LogP contribution in [0.2, 0.25) is 0 Å². The standard InChI is InChI=1S/C21H25N3O4/c1-13-5-7-17-16(11-13)20(24-23-17)21(25)22-14(2)15-6-8-18(19(12-15)27-4)28-10-9-26-3/h5-8,11-12,14H,9-10H2,1-4H3,(H,22,25)(H,23,24). The minimum absolute atomic E-state index is 0.231. The lowest BCUT2D eigenvalue weighted by atomic mass is 10.1. The molecule has 148 valence electrons. The van der Waals surface area contributed by atoms with Crippen LogP contribution in [0.15, 0.2) is 36.4 Å². The van der Waals surface area contributed by atoms with Crippen molar-refractivity contribution in [1.82, 2.24) is 15.5 Å². The fourth-order valence-electron chi connectivity index (χ4n) is 2.96. The lowest BCUT2D eigenvalue weighted by Gasteiger charge is -2.17. The number of aromatic nitrogens is 2. The van der Waals surface area contributed by atoms with Gasteiger partial charge in [-0.25, -0.2) is 0 Å². The third-order valence-corrected chi connectivity index (χ3v) is 4.51. The molecule has 0 bridgehead atoms. The average Bonchev–Trinajstić information content (AvgIpc) is 3.11. The zero-order chi connectivity index (χ0) is 20.1. The van der Waals surface area contributed by atoms with Gasteiger partial charge in [-0.15, -0.1) is 0 Å². The molecule has 1 heterocycles. The molecule has 1 unspecified atom stereocenters. The smallest absolute Gasteiger partial charge is 0.272 e. The van der Waals surface area contributed by atoms with Gasteiger partial charge < -0.3 is 19.5 Å². The SMILES string of the molecule is COCCOc1ccc(C(C)NC(=O)c2n[nH]c3ccc(C)cc23)cc1OC. The van der Waals surface area contributed by atoms with Crippen molar-refractivity contribution in [3.63, 3.8) is 0 Å². The van der Waals surface area contributed by atoms with Crippen molar-refractivity contribution < 1.29 is 19.0 Å². The first-order chi connectivity index (χ1) is 13.5. The number of H-pyrrole nitrogens is 1. The molecule has 0 fully saturated rings. The molecular formula is C21H25N3O4. The number of benzene rings is 2. The number of rotatable bonds is 8. The fourth-order valence-corrected chi connectivity index (χ4v) is 2.96. The van der Waals surface area contributed by atoms with Gasteiger partial charge in [-0.05, 0) is 43.7 Å². The average molecular weight is 383 g/mol. The van der Waals surface area contributed by atoms with E-state index in [-0.39, 0.29) is 11.9 Å². The van der Waals surface area contributed by atoms with E-state index in [1.165, 1.54) is 0 Å². The van der Waals surface area contributed by atoms with Crippen molar-refractivity contribution in [3.8, 4) is 11.5 Å². The molecule has 2 aromatic carbocycles. The molecule has 7 heteroatoms. The van der Waals surface area contributed by atoms with Crippen molar-refractivity contribution in [3.05, 3.63) is 53.2 Å².